The van der Waals surface area contributed by atoms with Crippen molar-refractivity contribution in [1.29, 1.82) is 0 Å². The molecule has 0 spiro atoms. The monoisotopic (exact) mass is 361 g/mol. The van der Waals surface area contributed by atoms with Gasteiger partial charge in [0.2, 0.25) is 0 Å². The number of nitrogens with zero attached hydrogens (tertiary/aromatic N) is 1. The maximum Gasteiger partial charge on any atom is 0.163 e. The Morgan fingerprint density at radius 3 is 2.60 bits per heavy atom. The average molecular weight is 361 g/mol. The second-order valence-electron chi connectivity index (χ2n) is 1.74. The van der Waals surface area contributed by atoms with Crippen LogP contribution < -0.4 is 11.3 Å². The number of nitrogens with two attached hydrogens (primary N) is 1. The van der Waals surface area contributed by atoms with Gasteiger partial charge in [-0.2, -0.15) is 0 Å². The fraction of sp³-hybridized carbons (Fsp3) is 0. The summed E-state index contributed by atoms with van der Waals surface area (Å²) in [5, 5.41) is 0. The van der Waals surface area contributed by atoms with Crippen LogP contribution >= 0.6 is 0 Å². The van der Waals surface area contributed by atoms with Crippen LogP contribution in [0, 0.1) is 38.2 Å². The third-order valence-electron chi connectivity index (χ3n) is 1.05. The molecule has 0 amide bonds. The van der Waals surface area contributed by atoms with Crippen molar-refractivity contribution >= 4 is 5.69 Å². The zero-order chi connectivity index (χ0) is 6.85. The first-order valence-corrected chi connectivity index (χ1v) is 2.50. The fourth-order valence-corrected chi connectivity index (χ4v) is 0.555. The molecule has 0 fully saturated rings. The van der Waals surface area contributed by atoms with E-state index in [4.69, 9.17) is 5.73 Å². The smallest absolute Gasteiger partial charge is 0.163 e. The van der Waals surface area contributed by atoms with Gasteiger partial charge in [-0.15, -0.1) is 13.1 Å². The van der Waals surface area contributed by atoms with E-state index >= 15 is 0 Å². The van der Waals surface area contributed by atoms with E-state index in [9.17, 15) is 4.79 Å². The van der Waals surface area contributed by atoms with E-state index in [0.29, 0.717) is 0 Å². The van der Waals surface area contributed by atoms with Gasteiger partial charge in [0.05, 0.1) is 0 Å². The average Bonchev–Trinajstić information content (AvgIpc) is 1.83. The van der Waals surface area contributed by atoms with Crippen LogP contribution in [0.25, 0.3) is 0 Å². The molecular formula is C6H7N2OU-. The molecule has 0 unspecified atom stereocenters. The summed E-state index contributed by atoms with van der Waals surface area (Å²) < 4.78 is 1.19. The summed E-state index contributed by atoms with van der Waals surface area (Å²) in [5.74, 6) is 0. The van der Waals surface area contributed by atoms with Gasteiger partial charge in [0.1, 0.15) is 0 Å². The predicted molar refractivity (Wildman–Crippen MR) is 35.9 cm³/mol. The SMILES string of the molecule is [CH2-]n1cccc(N)c1=O.[U]. The molecule has 3 nitrogen and oxygen atoms in total. The Hall–Kier alpha value is -0.328. The molecule has 52 valence electrons. The third-order valence-corrected chi connectivity index (χ3v) is 1.05. The zero-order valence-corrected chi connectivity index (χ0v) is 9.54. The quantitative estimate of drug-likeness (QED) is 0.665. The minimum Gasteiger partial charge on any atom is -0.453 e. The van der Waals surface area contributed by atoms with E-state index in [2.05, 4.69) is 7.05 Å². The summed E-state index contributed by atoms with van der Waals surface area (Å²) in [5.41, 5.74) is 5.22. The van der Waals surface area contributed by atoms with Crippen molar-refractivity contribution in [1.82, 2.24) is 4.57 Å². The van der Waals surface area contributed by atoms with E-state index < -0.39 is 0 Å². The summed E-state index contributed by atoms with van der Waals surface area (Å²) in [6.07, 6.45) is 1.55. The van der Waals surface area contributed by atoms with E-state index in [1.54, 1.807) is 18.3 Å². The molecule has 1 aromatic heterocycles. The molecule has 0 aliphatic carbocycles. The Bertz CT molecular complexity index is 245. The topological polar surface area (TPSA) is 48.0 Å². The van der Waals surface area contributed by atoms with Gasteiger partial charge in [-0.1, -0.05) is 12.3 Å². The van der Waals surface area contributed by atoms with Crippen LogP contribution in [0.1, 0.15) is 0 Å². The summed E-state index contributed by atoms with van der Waals surface area (Å²) >= 11 is 0. The number of rotatable bonds is 0. The number of hydrogen-bond donors (Lipinski definition) is 1. The first-order chi connectivity index (χ1) is 4.22. The molecule has 0 aromatic carbocycles. The number of anilines is 1. The van der Waals surface area contributed by atoms with Crippen LogP contribution in [0.5, 0.6) is 0 Å². The summed E-state index contributed by atoms with van der Waals surface area (Å²) in [6, 6.07) is 3.22. The number of pyridine rings is 1. The first kappa shape index (κ1) is 9.67. The fourth-order valence-electron chi connectivity index (χ4n) is 0.555. The molecule has 0 saturated heterocycles. The van der Waals surface area contributed by atoms with Gasteiger partial charge in [0.25, 0.3) is 0 Å². The van der Waals surface area contributed by atoms with Crippen LogP contribution in [0.2, 0.25) is 0 Å². The molecule has 0 atom stereocenters. The second-order valence-corrected chi connectivity index (χ2v) is 1.74. The zero-order valence-electron chi connectivity index (χ0n) is 5.37. The molecule has 1 heterocycles. The second kappa shape index (κ2) is 3.75. The molecule has 0 bridgehead atoms. The van der Waals surface area contributed by atoms with Crippen molar-refractivity contribution in [2.75, 3.05) is 5.73 Å². The first-order valence-electron chi connectivity index (χ1n) is 2.50. The maximum atomic E-state index is 10.7. The van der Waals surface area contributed by atoms with Gasteiger partial charge >= 0.3 is 0 Å². The Kier molecular flexibility index (Phi) is 3.62. The van der Waals surface area contributed by atoms with E-state index in [0.717, 1.165) is 0 Å². The normalized spacial score (nSPS) is 8.40. The van der Waals surface area contributed by atoms with E-state index in [1.807, 2.05) is 0 Å². The molecule has 0 aliphatic rings. The standard InChI is InChI=1S/C6H7N2O.U/c1-8-4-2-3-5(7)6(8)9;/h2-4H,1,7H2;/q-1;. The van der Waals surface area contributed by atoms with Gasteiger partial charge in [0, 0.05) is 36.8 Å². The van der Waals surface area contributed by atoms with E-state index in [-0.39, 0.29) is 42.4 Å². The van der Waals surface area contributed by atoms with Gasteiger partial charge in [-0.05, 0) is 0 Å². The summed E-state index contributed by atoms with van der Waals surface area (Å²) in [6.45, 7) is 0. The molecular weight excluding hydrogens is 354 g/mol. The molecule has 1 rings (SSSR count). The van der Waals surface area contributed by atoms with Crippen LogP contribution in [-0.2, 0) is 0 Å². The van der Waals surface area contributed by atoms with Crippen molar-refractivity contribution in [3.05, 3.63) is 35.7 Å². The predicted octanol–water partition coefficient (Wildman–Crippen LogP) is 0.0702. The van der Waals surface area contributed by atoms with Gasteiger partial charge in [-0.3, -0.25) is 0 Å². The minimum atomic E-state index is -0.252. The Morgan fingerprint density at radius 2 is 2.20 bits per heavy atom. The molecule has 4 heteroatoms. The van der Waals surface area contributed by atoms with Crippen molar-refractivity contribution < 1.29 is 31.1 Å². The van der Waals surface area contributed by atoms with Crippen molar-refractivity contribution in [3.8, 4) is 0 Å². The van der Waals surface area contributed by atoms with Crippen LogP contribution in [-0.4, -0.2) is 4.57 Å². The summed E-state index contributed by atoms with van der Waals surface area (Å²) in [4.78, 5) is 10.7. The van der Waals surface area contributed by atoms with Crippen molar-refractivity contribution in [2.45, 2.75) is 0 Å². The number of aromatic nitrogens is 1. The number of nitrogen functional groups attached to an aromatic ring is 1. The van der Waals surface area contributed by atoms with Crippen LogP contribution in [0.4, 0.5) is 5.69 Å². The molecule has 1 aromatic rings. The van der Waals surface area contributed by atoms with Gasteiger partial charge < -0.3 is 15.1 Å². The molecule has 10 heavy (non-hydrogen) atoms. The summed E-state index contributed by atoms with van der Waals surface area (Å²) in [7, 11) is 3.41. The third kappa shape index (κ3) is 1.83. The van der Waals surface area contributed by atoms with E-state index in [1.165, 1.54) is 4.57 Å². The van der Waals surface area contributed by atoms with Crippen molar-refractivity contribution in [3.63, 3.8) is 0 Å². The maximum absolute atomic E-state index is 10.7. The number of hydrogen-bond acceptors (Lipinski definition) is 2. The molecule has 0 radical (unpaired) electrons. The van der Waals surface area contributed by atoms with Crippen LogP contribution in [0.3, 0.4) is 0 Å². The Labute approximate surface area is 82.6 Å². The Morgan fingerprint density at radius 1 is 1.60 bits per heavy atom. The molecule has 0 saturated carbocycles. The van der Waals surface area contributed by atoms with Crippen molar-refractivity contribution in [2.24, 2.45) is 0 Å². The molecule has 0 aliphatic heterocycles. The molecule has 2 N–H and O–H groups in total. The minimum absolute atomic E-state index is 0. The largest absolute Gasteiger partial charge is 0.453 e. The van der Waals surface area contributed by atoms with Gasteiger partial charge in [0.15, 0.2) is 5.56 Å². The van der Waals surface area contributed by atoms with Crippen LogP contribution in [0.15, 0.2) is 23.1 Å². The van der Waals surface area contributed by atoms with Gasteiger partial charge in [-0.25, -0.2) is 0 Å². The Balaban J connectivity index is 0.000000810.